The number of carbonyl (C=O) groups is 1. The maximum Gasteiger partial charge on any atom is 0.264 e. The second kappa shape index (κ2) is 9.43. The second-order valence-corrected chi connectivity index (χ2v) is 11.8. The summed E-state index contributed by atoms with van der Waals surface area (Å²) < 4.78 is 35.1. The molecule has 3 aromatic carbocycles. The molecule has 1 heterocycles. The summed E-state index contributed by atoms with van der Waals surface area (Å²) in [5.74, 6) is 0.339. The number of anilines is 1. The van der Waals surface area contributed by atoms with Crippen molar-refractivity contribution >= 4 is 37.5 Å². The molecule has 1 atom stereocenters. The molecule has 34 heavy (non-hydrogen) atoms. The standard InChI is InChI=1S/C26H27BrN2O4S/c1-18-9-14-24-22(15-18)23(16-26(2,3)33-24)28-25(30)17-29(20-12-10-19(27)11-13-20)34(31,32)21-7-5-4-6-8-21/h4-15,23H,16-17H2,1-3H3,(H,28,30). The summed E-state index contributed by atoms with van der Waals surface area (Å²) >= 11 is 3.38. The molecule has 0 aliphatic carbocycles. The van der Waals surface area contributed by atoms with Gasteiger partial charge in [0, 0.05) is 16.5 Å². The van der Waals surface area contributed by atoms with Gasteiger partial charge in [-0.15, -0.1) is 0 Å². The minimum atomic E-state index is -3.96. The van der Waals surface area contributed by atoms with Crippen molar-refractivity contribution in [2.24, 2.45) is 0 Å². The van der Waals surface area contributed by atoms with Crippen LogP contribution in [0, 0.1) is 6.92 Å². The van der Waals surface area contributed by atoms with Crippen molar-refractivity contribution in [3.63, 3.8) is 0 Å². The molecule has 0 spiro atoms. The maximum absolute atomic E-state index is 13.5. The lowest BCUT2D eigenvalue weighted by Crippen LogP contribution is -2.45. The fraction of sp³-hybridized carbons (Fsp3) is 0.269. The van der Waals surface area contributed by atoms with Gasteiger partial charge in [0.15, 0.2) is 0 Å². The number of hydrogen-bond donors (Lipinski definition) is 1. The molecular formula is C26H27BrN2O4S. The molecule has 1 N–H and O–H groups in total. The van der Waals surface area contributed by atoms with Crippen molar-refractivity contribution < 1.29 is 17.9 Å². The van der Waals surface area contributed by atoms with Crippen molar-refractivity contribution in [1.29, 1.82) is 0 Å². The van der Waals surface area contributed by atoms with Crippen LogP contribution in [0.4, 0.5) is 5.69 Å². The molecule has 0 fully saturated rings. The number of nitrogens with zero attached hydrogens (tertiary/aromatic N) is 1. The van der Waals surface area contributed by atoms with Gasteiger partial charge in [-0.05, 0) is 63.2 Å². The van der Waals surface area contributed by atoms with Gasteiger partial charge >= 0.3 is 0 Å². The zero-order valence-corrected chi connectivity index (χ0v) is 21.7. The van der Waals surface area contributed by atoms with Gasteiger partial charge in [0.25, 0.3) is 10.0 Å². The molecule has 1 aliphatic rings. The van der Waals surface area contributed by atoms with E-state index in [4.69, 9.17) is 4.74 Å². The first kappa shape index (κ1) is 24.3. The molecule has 3 aromatic rings. The van der Waals surface area contributed by atoms with Crippen LogP contribution in [0.3, 0.4) is 0 Å². The minimum Gasteiger partial charge on any atom is -0.487 e. The van der Waals surface area contributed by atoms with Gasteiger partial charge in [0.05, 0.1) is 16.6 Å². The number of halogens is 1. The highest BCUT2D eigenvalue weighted by Crippen LogP contribution is 2.40. The Balaban J connectivity index is 1.64. The number of nitrogens with one attached hydrogen (secondary N) is 1. The fourth-order valence-corrected chi connectivity index (χ4v) is 5.82. The molecule has 1 amide bonds. The van der Waals surface area contributed by atoms with E-state index in [1.807, 2.05) is 39.0 Å². The number of ether oxygens (including phenoxy) is 1. The average molecular weight is 543 g/mol. The predicted molar refractivity (Wildman–Crippen MR) is 137 cm³/mol. The Bertz CT molecular complexity index is 1290. The van der Waals surface area contributed by atoms with Crippen LogP contribution in [0.25, 0.3) is 0 Å². The van der Waals surface area contributed by atoms with Crippen LogP contribution in [-0.2, 0) is 14.8 Å². The van der Waals surface area contributed by atoms with Crippen molar-refractivity contribution in [3.05, 3.63) is 88.4 Å². The smallest absolute Gasteiger partial charge is 0.264 e. The first-order chi connectivity index (χ1) is 16.0. The summed E-state index contributed by atoms with van der Waals surface area (Å²) in [4.78, 5) is 13.4. The molecule has 1 aliphatic heterocycles. The number of amides is 1. The van der Waals surface area contributed by atoms with Gasteiger partial charge in [0.2, 0.25) is 5.91 Å². The molecule has 8 heteroatoms. The van der Waals surface area contributed by atoms with E-state index >= 15 is 0 Å². The minimum absolute atomic E-state index is 0.124. The van der Waals surface area contributed by atoms with Crippen molar-refractivity contribution in [3.8, 4) is 5.75 Å². The first-order valence-corrected chi connectivity index (χ1v) is 13.2. The number of hydrogen-bond acceptors (Lipinski definition) is 4. The summed E-state index contributed by atoms with van der Waals surface area (Å²) in [5.41, 5.74) is 1.89. The Morgan fingerprint density at radius 1 is 1.09 bits per heavy atom. The number of sulfonamides is 1. The first-order valence-electron chi connectivity index (χ1n) is 11.0. The van der Waals surface area contributed by atoms with Crippen LogP contribution in [0.1, 0.15) is 37.4 Å². The Morgan fingerprint density at radius 2 is 1.76 bits per heavy atom. The molecule has 4 rings (SSSR count). The lowest BCUT2D eigenvalue weighted by atomic mass is 9.89. The zero-order chi connectivity index (χ0) is 24.5. The lowest BCUT2D eigenvalue weighted by Gasteiger charge is -2.38. The van der Waals surface area contributed by atoms with E-state index in [1.54, 1.807) is 42.5 Å². The monoisotopic (exact) mass is 542 g/mol. The number of carbonyl (C=O) groups excluding carboxylic acids is 1. The SMILES string of the molecule is Cc1ccc2c(c1)C(NC(=O)CN(c1ccc(Br)cc1)S(=O)(=O)c1ccccc1)CC(C)(C)O2. The number of benzene rings is 3. The van der Waals surface area contributed by atoms with E-state index in [9.17, 15) is 13.2 Å². The van der Waals surface area contributed by atoms with Crippen LogP contribution in [0.5, 0.6) is 5.75 Å². The van der Waals surface area contributed by atoms with Crippen LogP contribution >= 0.6 is 15.9 Å². The Labute approximate surface area is 209 Å². The molecule has 178 valence electrons. The molecule has 6 nitrogen and oxygen atoms in total. The van der Waals surface area contributed by atoms with Crippen molar-refractivity contribution in [1.82, 2.24) is 5.32 Å². The summed E-state index contributed by atoms with van der Waals surface area (Å²) in [6.45, 7) is 5.59. The van der Waals surface area contributed by atoms with Crippen molar-refractivity contribution in [2.45, 2.75) is 43.7 Å². The maximum atomic E-state index is 13.5. The highest BCUT2D eigenvalue weighted by molar-refractivity contribution is 9.10. The molecule has 1 unspecified atom stereocenters. The lowest BCUT2D eigenvalue weighted by molar-refractivity contribution is -0.120. The van der Waals surface area contributed by atoms with E-state index in [2.05, 4.69) is 21.2 Å². The van der Waals surface area contributed by atoms with Gasteiger partial charge in [0.1, 0.15) is 17.9 Å². The number of rotatable bonds is 6. The molecule has 0 bridgehead atoms. The van der Waals surface area contributed by atoms with Gasteiger partial charge in [-0.3, -0.25) is 9.10 Å². The third-order valence-electron chi connectivity index (χ3n) is 5.69. The average Bonchev–Trinajstić information content (AvgIpc) is 2.79. The Morgan fingerprint density at radius 3 is 2.44 bits per heavy atom. The van der Waals surface area contributed by atoms with Gasteiger partial charge in [-0.2, -0.15) is 0 Å². The van der Waals surface area contributed by atoms with Crippen LogP contribution < -0.4 is 14.4 Å². The van der Waals surface area contributed by atoms with Gasteiger partial charge < -0.3 is 10.1 Å². The van der Waals surface area contributed by atoms with Crippen LogP contribution in [0.15, 0.2) is 82.2 Å². The number of fused-ring (bicyclic) bond motifs is 1. The highest BCUT2D eigenvalue weighted by atomic mass is 79.9. The van der Waals surface area contributed by atoms with E-state index in [0.717, 1.165) is 25.7 Å². The predicted octanol–water partition coefficient (Wildman–Crippen LogP) is 5.37. The largest absolute Gasteiger partial charge is 0.487 e. The quantitative estimate of drug-likeness (QED) is 0.454. The topological polar surface area (TPSA) is 75.7 Å². The fourth-order valence-electron chi connectivity index (χ4n) is 4.12. The Kier molecular flexibility index (Phi) is 6.73. The summed E-state index contributed by atoms with van der Waals surface area (Å²) in [5, 5.41) is 3.06. The Hall–Kier alpha value is -2.84. The molecule has 0 saturated carbocycles. The molecule has 0 aromatic heterocycles. The van der Waals surface area contributed by atoms with Crippen molar-refractivity contribution in [2.75, 3.05) is 10.8 Å². The van der Waals surface area contributed by atoms with E-state index in [0.29, 0.717) is 12.1 Å². The zero-order valence-electron chi connectivity index (χ0n) is 19.3. The highest BCUT2D eigenvalue weighted by Gasteiger charge is 2.35. The molecular weight excluding hydrogens is 516 g/mol. The van der Waals surface area contributed by atoms with Crippen LogP contribution in [0.2, 0.25) is 0 Å². The van der Waals surface area contributed by atoms with Crippen LogP contribution in [-0.4, -0.2) is 26.5 Å². The van der Waals surface area contributed by atoms with E-state index in [-0.39, 0.29) is 17.5 Å². The number of aryl methyl sites for hydroxylation is 1. The molecule has 0 radical (unpaired) electrons. The molecule has 0 saturated heterocycles. The summed E-state index contributed by atoms with van der Waals surface area (Å²) in [6.07, 6.45) is 0.568. The summed E-state index contributed by atoms with van der Waals surface area (Å²) in [6, 6.07) is 20.6. The van der Waals surface area contributed by atoms with Gasteiger partial charge in [-0.25, -0.2) is 8.42 Å². The summed E-state index contributed by atoms with van der Waals surface area (Å²) in [7, 11) is -3.96. The third kappa shape index (κ3) is 5.28. The van der Waals surface area contributed by atoms with Gasteiger partial charge in [-0.1, -0.05) is 51.8 Å². The third-order valence-corrected chi connectivity index (χ3v) is 8.01. The second-order valence-electron chi connectivity index (χ2n) is 9.03. The van der Waals surface area contributed by atoms with E-state index < -0.39 is 21.5 Å². The van der Waals surface area contributed by atoms with E-state index in [1.165, 1.54) is 12.1 Å². The normalized spacial score (nSPS) is 16.8.